The summed E-state index contributed by atoms with van der Waals surface area (Å²) in [4.78, 5) is 10.7. The van der Waals surface area contributed by atoms with Gasteiger partial charge in [-0.05, 0) is 38.2 Å². The Morgan fingerprint density at radius 2 is 2.42 bits per heavy atom. The molecule has 2 heterocycles. The van der Waals surface area contributed by atoms with Crippen molar-refractivity contribution >= 4 is 23.9 Å². The zero-order chi connectivity index (χ0) is 16.9. The Bertz CT molecular complexity index is 778. The summed E-state index contributed by atoms with van der Waals surface area (Å²) in [7, 11) is 0. The van der Waals surface area contributed by atoms with Gasteiger partial charge in [0.2, 0.25) is 5.16 Å². The van der Waals surface area contributed by atoms with Gasteiger partial charge in [0.1, 0.15) is 5.76 Å². The number of aryl methyl sites for hydroxylation is 1. The molecule has 0 radical (unpaired) electrons. The number of aliphatic carboxylic acids is 1. The number of carboxylic acid groups (broad SMARTS) is 1. The number of thioether (sulfide) groups is 1. The molecule has 0 aromatic carbocycles. The van der Waals surface area contributed by atoms with Crippen LogP contribution in [-0.4, -0.2) is 32.8 Å². The first-order valence-corrected chi connectivity index (χ1v) is 8.65. The Morgan fingerprint density at radius 1 is 1.54 bits per heavy atom. The van der Waals surface area contributed by atoms with Crippen LogP contribution in [0.15, 0.2) is 39.2 Å². The van der Waals surface area contributed by atoms with E-state index in [1.165, 1.54) is 0 Å². The third-order valence-electron chi connectivity index (χ3n) is 3.73. The van der Waals surface area contributed by atoms with Crippen molar-refractivity contribution in [1.82, 2.24) is 14.9 Å². The first-order valence-electron chi connectivity index (χ1n) is 7.67. The standard InChI is InChI=1S/C16H18N4O3S/c1-11-13(7-8-23-11)15-18-19-16(24-10-14(21)22)20(15)17-9-12-5-3-2-4-6-12/h2-3,7-9,12H,4-6,10H2,1H3,(H,21,22)/p-1/b17-9-/t12-/m1/s1. The molecule has 0 saturated heterocycles. The summed E-state index contributed by atoms with van der Waals surface area (Å²) in [5, 5.41) is 23.9. The predicted molar refractivity (Wildman–Crippen MR) is 88.6 cm³/mol. The minimum atomic E-state index is -1.16. The summed E-state index contributed by atoms with van der Waals surface area (Å²) in [5.74, 6) is 0.233. The fraction of sp³-hybridized carbons (Fsp3) is 0.375. The highest BCUT2D eigenvalue weighted by molar-refractivity contribution is 7.99. The molecular weight excluding hydrogens is 328 g/mol. The summed E-state index contributed by atoms with van der Waals surface area (Å²) in [5.41, 5.74) is 0.781. The van der Waals surface area contributed by atoms with Gasteiger partial charge in [-0.3, -0.25) is 0 Å². The second-order valence-corrected chi connectivity index (χ2v) is 6.42. The highest BCUT2D eigenvalue weighted by atomic mass is 32.2. The highest BCUT2D eigenvalue weighted by Crippen LogP contribution is 2.27. The topological polar surface area (TPSA) is 96.3 Å². The first-order chi connectivity index (χ1) is 11.6. The van der Waals surface area contributed by atoms with Crippen molar-refractivity contribution in [1.29, 1.82) is 0 Å². The Hall–Kier alpha value is -2.35. The van der Waals surface area contributed by atoms with E-state index in [0.29, 0.717) is 22.7 Å². The molecule has 126 valence electrons. The van der Waals surface area contributed by atoms with E-state index in [-0.39, 0.29) is 5.75 Å². The average molecular weight is 345 g/mol. The van der Waals surface area contributed by atoms with Crippen LogP contribution in [0.3, 0.4) is 0 Å². The minimum absolute atomic E-state index is 0.204. The molecular formula is C16H17N4O3S-. The lowest BCUT2D eigenvalue weighted by Crippen LogP contribution is -2.24. The third kappa shape index (κ3) is 3.76. The van der Waals surface area contributed by atoms with Crippen molar-refractivity contribution in [3.05, 3.63) is 30.2 Å². The van der Waals surface area contributed by atoms with E-state index in [1.54, 1.807) is 17.0 Å². The molecule has 0 N–H and O–H groups in total. The molecule has 1 atom stereocenters. The van der Waals surface area contributed by atoms with Crippen LogP contribution in [0.5, 0.6) is 0 Å². The van der Waals surface area contributed by atoms with E-state index in [4.69, 9.17) is 4.42 Å². The zero-order valence-electron chi connectivity index (χ0n) is 13.2. The molecule has 0 bridgehead atoms. The van der Waals surface area contributed by atoms with E-state index in [1.807, 2.05) is 13.1 Å². The molecule has 8 heteroatoms. The largest absolute Gasteiger partial charge is 0.549 e. The normalized spacial score (nSPS) is 17.6. The zero-order valence-corrected chi connectivity index (χ0v) is 14.0. The van der Waals surface area contributed by atoms with E-state index < -0.39 is 5.97 Å². The smallest absolute Gasteiger partial charge is 0.212 e. The lowest BCUT2D eigenvalue weighted by Gasteiger charge is -2.12. The van der Waals surface area contributed by atoms with E-state index in [9.17, 15) is 9.90 Å². The molecule has 0 saturated carbocycles. The molecule has 0 aliphatic heterocycles. The number of nitrogens with zero attached hydrogens (tertiary/aromatic N) is 4. The molecule has 3 rings (SSSR count). The number of rotatable bonds is 6. The van der Waals surface area contributed by atoms with Gasteiger partial charge >= 0.3 is 0 Å². The number of carbonyl (C=O) groups excluding carboxylic acids is 1. The SMILES string of the molecule is Cc1occc1-c1nnc(SCC(=O)[O-])n1/N=C\[C@@H]1CC=CCC1. The van der Waals surface area contributed by atoms with E-state index in [2.05, 4.69) is 27.5 Å². The van der Waals surface area contributed by atoms with E-state index in [0.717, 1.165) is 36.6 Å². The van der Waals surface area contributed by atoms with Gasteiger partial charge in [-0.2, -0.15) is 9.78 Å². The van der Waals surface area contributed by atoms with Crippen molar-refractivity contribution < 1.29 is 14.3 Å². The average Bonchev–Trinajstić information content (AvgIpc) is 3.17. The van der Waals surface area contributed by atoms with Gasteiger partial charge in [0, 0.05) is 12.0 Å². The second kappa shape index (κ2) is 7.48. The molecule has 0 unspecified atom stereocenters. The number of carboxylic acids is 1. The maximum absolute atomic E-state index is 10.7. The molecule has 0 amide bonds. The minimum Gasteiger partial charge on any atom is -0.549 e. The predicted octanol–water partition coefficient (Wildman–Crippen LogP) is 1.88. The lowest BCUT2D eigenvalue weighted by atomic mass is 9.96. The number of furan rings is 1. The molecule has 2 aromatic rings. The van der Waals surface area contributed by atoms with Crippen LogP contribution in [0.4, 0.5) is 0 Å². The van der Waals surface area contributed by atoms with Crippen LogP contribution in [0, 0.1) is 12.8 Å². The maximum atomic E-state index is 10.7. The van der Waals surface area contributed by atoms with Crippen molar-refractivity contribution in [2.24, 2.45) is 11.0 Å². The van der Waals surface area contributed by atoms with Crippen LogP contribution in [-0.2, 0) is 4.79 Å². The molecule has 7 nitrogen and oxygen atoms in total. The molecule has 24 heavy (non-hydrogen) atoms. The maximum Gasteiger partial charge on any atom is 0.212 e. The van der Waals surface area contributed by atoms with Crippen molar-refractivity contribution in [2.75, 3.05) is 5.75 Å². The summed E-state index contributed by atoms with van der Waals surface area (Å²) >= 11 is 1.03. The first kappa shape index (κ1) is 16.5. The van der Waals surface area contributed by atoms with Crippen molar-refractivity contribution in [2.45, 2.75) is 31.3 Å². The number of allylic oxidation sites excluding steroid dienone is 2. The van der Waals surface area contributed by atoms with Gasteiger partial charge in [-0.1, -0.05) is 23.9 Å². The molecule has 2 aromatic heterocycles. The van der Waals surface area contributed by atoms with Crippen LogP contribution >= 0.6 is 11.8 Å². The van der Waals surface area contributed by atoms with Gasteiger partial charge in [0.15, 0.2) is 5.82 Å². The summed E-state index contributed by atoms with van der Waals surface area (Å²) in [6, 6.07) is 1.79. The Balaban J connectivity index is 1.91. The van der Waals surface area contributed by atoms with Crippen LogP contribution in [0.1, 0.15) is 25.0 Å². The number of carbonyl (C=O) groups is 1. The van der Waals surface area contributed by atoms with Crippen LogP contribution < -0.4 is 5.11 Å². The van der Waals surface area contributed by atoms with Gasteiger partial charge in [-0.25, -0.2) is 0 Å². The highest BCUT2D eigenvalue weighted by Gasteiger charge is 2.18. The van der Waals surface area contributed by atoms with Gasteiger partial charge < -0.3 is 14.3 Å². The van der Waals surface area contributed by atoms with E-state index >= 15 is 0 Å². The Kier molecular flexibility index (Phi) is 5.14. The second-order valence-electron chi connectivity index (χ2n) is 5.48. The lowest BCUT2D eigenvalue weighted by molar-refractivity contribution is -0.301. The van der Waals surface area contributed by atoms with Crippen molar-refractivity contribution in [3.8, 4) is 11.4 Å². The van der Waals surface area contributed by atoms with Gasteiger partial charge in [0.25, 0.3) is 0 Å². The van der Waals surface area contributed by atoms with Crippen LogP contribution in [0.2, 0.25) is 0 Å². The fourth-order valence-corrected chi connectivity index (χ4v) is 3.08. The van der Waals surface area contributed by atoms with Gasteiger partial charge in [0.05, 0.1) is 17.8 Å². The third-order valence-corrected chi connectivity index (χ3v) is 4.63. The Labute approximate surface area is 143 Å². The molecule has 0 spiro atoms. The number of hydrogen-bond acceptors (Lipinski definition) is 7. The quantitative estimate of drug-likeness (QED) is 0.450. The fourth-order valence-electron chi connectivity index (χ4n) is 2.48. The molecule has 1 aliphatic rings. The summed E-state index contributed by atoms with van der Waals surface area (Å²) in [6.07, 6.45) is 10.8. The van der Waals surface area contributed by atoms with Gasteiger partial charge in [-0.15, -0.1) is 10.2 Å². The van der Waals surface area contributed by atoms with Crippen molar-refractivity contribution in [3.63, 3.8) is 0 Å². The monoisotopic (exact) mass is 345 g/mol. The van der Waals surface area contributed by atoms with Crippen LogP contribution in [0.25, 0.3) is 11.4 Å². The molecule has 0 fully saturated rings. The summed E-state index contributed by atoms with van der Waals surface area (Å²) in [6.45, 7) is 1.83. The number of hydrogen-bond donors (Lipinski definition) is 0. The Morgan fingerprint density at radius 3 is 3.08 bits per heavy atom. The summed E-state index contributed by atoms with van der Waals surface area (Å²) < 4.78 is 6.90. The number of aromatic nitrogens is 3. The molecule has 1 aliphatic carbocycles.